The van der Waals surface area contributed by atoms with Crippen LogP contribution in [-0.2, 0) is 23.8 Å². The van der Waals surface area contributed by atoms with Crippen molar-refractivity contribution in [3.8, 4) is 0 Å². The van der Waals surface area contributed by atoms with Crippen LogP contribution in [-0.4, -0.2) is 38.4 Å². The molecule has 0 aromatic heterocycles. The number of hydrogen-bond acceptors (Lipinski definition) is 5. The second-order valence-corrected chi connectivity index (χ2v) is 2.50. The van der Waals surface area contributed by atoms with Crippen LogP contribution in [0.1, 0.15) is 0 Å². The maximum Gasteiger partial charge on any atom is 0.339 e. The van der Waals surface area contributed by atoms with E-state index in [1.165, 1.54) is 26.4 Å². The summed E-state index contributed by atoms with van der Waals surface area (Å²) in [5.74, 6) is -1.28. The number of rotatable bonds is 6. The number of hydrogen-bond donors (Lipinski definition) is 0. The van der Waals surface area contributed by atoms with Gasteiger partial charge in [-0.2, -0.15) is 0 Å². The zero-order chi connectivity index (χ0) is 11.8. The molecule has 2 atom stereocenters. The Morgan fingerprint density at radius 1 is 1.00 bits per heavy atom. The smallest absolute Gasteiger partial charge is 0.339 e. The molecule has 0 radical (unpaired) electrons. The Morgan fingerprint density at radius 3 is 1.53 bits per heavy atom. The van der Waals surface area contributed by atoms with Crippen molar-refractivity contribution in [3.63, 3.8) is 0 Å². The molecule has 84 valence electrons. The Kier molecular flexibility index (Phi) is 6.05. The average Bonchev–Trinajstić information content (AvgIpc) is 2.28. The van der Waals surface area contributed by atoms with Gasteiger partial charge in [-0.1, -0.05) is 25.3 Å². The van der Waals surface area contributed by atoms with Crippen molar-refractivity contribution >= 4 is 11.9 Å². The van der Waals surface area contributed by atoms with Gasteiger partial charge in [-0.15, -0.1) is 0 Å². The quantitative estimate of drug-likeness (QED) is 0.474. The molecule has 0 aliphatic carbocycles. The van der Waals surface area contributed by atoms with Crippen LogP contribution in [0, 0.1) is 0 Å². The van der Waals surface area contributed by atoms with Crippen LogP contribution in [0.15, 0.2) is 25.3 Å². The van der Waals surface area contributed by atoms with E-state index in [1.54, 1.807) is 0 Å². The second-order valence-electron chi connectivity index (χ2n) is 2.50. The molecule has 0 fully saturated rings. The SMILES string of the molecule is C=CC(OC(C=C)C(=O)OC)C(=O)OC. The lowest BCUT2D eigenvalue weighted by Gasteiger charge is -2.16. The average molecular weight is 214 g/mol. The van der Waals surface area contributed by atoms with E-state index in [4.69, 9.17) is 4.74 Å². The highest BCUT2D eigenvalue weighted by Gasteiger charge is 2.24. The van der Waals surface area contributed by atoms with E-state index < -0.39 is 24.1 Å². The number of ether oxygens (including phenoxy) is 3. The fraction of sp³-hybridized carbons (Fsp3) is 0.400. The van der Waals surface area contributed by atoms with Crippen LogP contribution in [0.5, 0.6) is 0 Å². The first-order valence-electron chi connectivity index (χ1n) is 4.16. The van der Waals surface area contributed by atoms with E-state index in [1.807, 2.05) is 0 Å². The maximum absolute atomic E-state index is 11.1. The monoisotopic (exact) mass is 214 g/mol. The van der Waals surface area contributed by atoms with E-state index in [9.17, 15) is 9.59 Å². The normalized spacial score (nSPS) is 13.5. The Hall–Kier alpha value is -1.62. The minimum Gasteiger partial charge on any atom is -0.467 e. The fourth-order valence-electron chi connectivity index (χ4n) is 0.805. The zero-order valence-corrected chi connectivity index (χ0v) is 8.76. The van der Waals surface area contributed by atoms with Gasteiger partial charge in [0.15, 0.2) is 12.2 Å². The third kappa shape index (κ3) is 3.95. The lowest BCUT2D eigenvalue weighted by atomic mass is 10.3. The molecule has 0 aliphatic rings. The van der Waals surface area contributed by atoms with Gasteiger partial charge in [0.25, 0.3) is 0 Å². The summed E-state index contributed by atoms with van der Waals surface area (Å²) in [6.45, 7) is 6.78. The van der Waals surface area contributed by atoms with Gasteiger partial charge in [0.2, 0.25) is 0 Å². The standard InChI is InChI=1S/C10H14O5/c1-5-7(9(11)13-3)15-8(6-2)10(12)14-4/h5-8H,1-2H2,3-4H3. The highest BCUT2D eigenvalue weighted by molar-refractivity contribution is 5.79. The Bertz CT molecular complexity index is 233. The number of carbonyl (C=O) groups is 2. The molecule has 2 unspecified atom stereocenters. The molecule has 0 aliphatic heterocycles. The van der Waals surface area contributed by atoms with Gasteiger partial charge in [0, 0.05) is 0 Å². The third-order valence-electron chi connectivity index (χ3n) is 1.59. The van der Waals surface area contributed by atoms with Crippen LogP contribution in [0.3, 0.4) is 0 Å². The lowest BCUT2D eigenvalue weighted by Crippen LogP contribution is -2.32. The molecule has 5 nitrogen and oxygen atoms in total. The van der Waals surface area contributed by atoms with Crippen molar-refractivity contribution in [2.45, 2.75) is 12.2 Å². The van der Waals surface area contributed by atoms with Gasteiger partial charge >= 0.3 is 11.9 Å². The Balaban J connectivity index is 4.50. The topological polar surface area (TPSA) is 61.8 Å². The van der Waals surface area contributed by atoms with Crippen molar-refractivity contribution in [1.82, 2.24) is 0 Å². The van der Waals surface area contributed by atoms with Crippen molar-refractivity contribution in [3.05, 3.63) is 25.3 Å². The largest absolute Gasteiger partial charge is 0.467 e. The van der Waals surface area contributed by atoms with Crippen LogP contribution in [0.25, 0.3) is 0 Å². The molecule has 0 heterocycles. The molecule has 5 heteroatoms. The van der Waals surface area contributed by atoms with E-state index in [-0.39, 0.29) is 0 Å². The first kappa shape index (κ1) is 13.4. The molecule has 0 rings (SSSR count). The first-order chi connectivity index (χ1) is 7.10. The van der Waals surface area contributed by atoms with Crippen LogP contribution >= 0.6 is 0 Å². The molecule has 0 spiro atoms. The summed E-state index contributed by atoms with van der Waals surface area (Å²) in [5, 5.41) is 0. The van der Waals surface area contributed by atoms with Gasteiger partial charge in [-0.3, -0.25) is 0 Å². The maximum atomic E-state index is 11.1. The Morgan fingerprint density at radius 2 is 1.33 bits per heavy atom. The van der Waals surface area contributed by atoms with Crippen molar-refractivity contribution < 1.29 is 23.8 Å². The molecule has 0 aromatic rings. The number of carbonyl (C=O) groups excluding carboxylic acids is 2. The van der Waals surface area contributed by atoms with Gasteiger partial charge in [-0.05, 0) is 0 Å². The highest BCUT2D eigenvalue weighted by atomic mass is 16.6. The molecule has 0 bridgehead atoms. The predicted molar refractivity (Wildman–Crippen MR) is 53.1 cm³/mol. The van der Waals surface area contributed by atoms with Crippen LogP contribution in [0.4, 0.5) is 0 Å². The molecular weight excluding hydrogens is 200 g/mol. The Labute approximate surface area is 88.3 Å². The number of esters is 2. The molecule has 15 heavy (non-hydrogen) atoms. The summed E-state index contributed by atoms with van der Waals surface area (Å²) in [5.41, 5.74) is 0. The molecular formula is C10H14O5. The summed E-state index contributed by atoms with van der Waals surface area (Å²) in [6.07, 6.45) is 0.422. The van der Waals surface area contributed by atoms with Gasteiger partial charge in [0.1, 0.15) is 0 Å². The van der Waals surface area contributed by atoms with Crippen LogP contribution < -0.4 is 0 Å². The lowest BCUT2D eigenvalue weighted by molar-refractivity contribution is -0.162. The summed E-state index contributed by atoms with van der Waals surface area (Å²) in [7, 11) is 2.42. The molecule has 0 saturated carbocycles. The van der Waals surface area contributed by atoms with Gasteiger partial charge in [-0.25, -0.2) is 9.59 Å². The second kappa shape index (κ2) is 6.78. The van der Waals surface area contributed by atoms with E-state index in [0.29, 0.717) is 0 Å². The predicted octanol–water partition coefficient (Wildman–Crippen LogP) is 0.458. The number of methoxy groups -OCH3 is 2. The molecule has 0 saturated heterocycles. The van der Waals surface area contributed by atoms with Crippen molar-refractivity contribution in [2.24, 2.45) is 0 Å². The summed E-state index contributed by atoms with van der Waals surface area (Å²) in [4.78, 5) is 22.2. The van der Waals surface area contributed by atoms with Crippen molar-refractivity contribution in [1.29, 1.82) is 0 Å². The minimum absolute atomic E-state index is 0.638. The molecule has 0 N–H and O–H groups in total. The molecule has 0 aromatic carbocycles. The minimum atomic E-state index is -1.02. The summed E-state index contributed by atoms with van der Waals surface area (Å²) in [6, 6.07) is 0. The summed E-state index contributed by atoms with van der Waals surface area (Å²) < 4.78 is 13.9. The zero-order valence-electron chi connectivity index (χ0n) is 8.76. The highest BCUT2D eigenvalue weighted by Crippen LogP contribution is 2.05. The van der Waals surface area contributed by atoms with Crippen LogP contribution in [0.2, 0.25) is 0 Å². The van der Waals surface area contributed by atoms with Gasteiger partial charge < -0.3 is 14.2 Å². The fourth-order valence-corrected chi connectivity index (χ4v) is 0.805. The van der Waals surface area contributed by atoms with E-state index in [2.05, 4.69) is 22.6 Å². The summed E-state index contributed by atoms with van der Waals surface area (Å²) >= 11 is 0. The van der Waals surface area contributed by atoms with E-state index >= 15 is 0 Å². The molecule has 0 amide bonds. The van der Waals surface area contributed by atoms with E-state index in [0.717, 1.165) is 0 Å². The first-order valence-corrected chi connectivity index (χ1v) is 4.16. The van der Waals surface area contributed by atoms with Gasteiger partial charge in [0.05, 0.1) is 14.2 Å². The third-order valence-corrected chi connectivity index (χ3v) is 1.59. The van der Waals surface area contributed by atoms with Crippen molar-refractivity contribution in [2.75, 3.05) is 14.2 Å².